The molecule has 0 bridgehead atoms. The molecule has 1 atom stereocenters. The van der Waals surface area contributed by atoms with Gasteiger partial charge in [-0.3, -0.25) is 4.79 Å². The quantitative estimate of drug-likeness (QED) is 0.387. The number of nitrogens with zero attached hydrogens (tertiary/aromatic N) is 1. The number of carbonyl (C=O) groups excluding carboxylic acids is 2. The summed E-state index contributed by atoms with van der Waals surface area (Å²) in [6, 6.07) is 0. The Hall–Kier alpha value is -1.29. The number of aliphatic imine (C=N–C) groups is 1. The first-order valence-corrected chi connectivity index (χ1v) is 4.15. The molecule has 0 fully saturated rings. The van der Waals surface area contributed by atoms with Gasteiger partial charge in [0.1, 0.15) is 0 Å². The molecule has 14 heavy (non-hydrogen) atoms. The highest BCUT2D eigenvalue weighted by Gasteiger charge is 1.92. The molecule has 1 amide bonds. The average molecular weight is 201 g/mol. The van der Waals surface area contributed by atoms with Crippen LogP contribution in [0.5, 0.6) is 0 Å². The molecule has 80 valence electrons. The van der Waals surface area contributed by atoms with E-state index in [2.05, 4.69) is 4.99 Å². The zero-order valence-electron chi connectivity index (χ0n) is 8.30. The summed E-state index contributed by atoms with van der Waals surface area (Å²) in [5.74, 6) is -0.567. The van der Waals surface area contributed by atoms with E-state index in [-0.39, 0.29) is 6.61 Å². The fourth-order valence-electron chi connectivity index (χ4n) is 0.354. The Morgan fingerprint density at radius 1 is 1.64 bits per heavy atom. The fraction of sp³-hybridized carbons (Fsp3) is 0.556. The summed E-state index contributed by atoms with van der Waals surface area (Å²) in [7, 11) is 0. The lowest BCUT2D eigenvalue weighted by molar-refractivity contribution is -0.113. The van der Waals surface area contributed by atoms with Crippen molar-refractivity contribution in [2.24, 2.45) is 4.99 Å². The van der Waals surface area contributed by atoms with Crippen LogP contribution in [0.3, 0.4) is 0 Å². The van der Waals surface area contributed by atoms with E-state index in [1.54, 1.807) is 6.92 Å². The maximum absolute atomic E-state index is 10.1. The van der Waals surface area contributed by atoms with E-state index >= 15 is 0 Å². The van der Waals surface area contributed by atoms with Crippen molar-refractivity contribution in [2.45, 2.75) is 26.4 Å². The van der Waals surface area contributed by atoms with Crippen molar-refractivity contribution < 1.29 is 19.8 Å². The molecule has 0 radical (unpaired) electrons. The van der Waals surface area contributed by atoms with E-state index in [9.17, 15) is 9.59 Å². The smallest absolute Gasteiger partial charge is 0.280 e. The van der Waals surface area contributed by atoms with E-state index in [1.807, 2.05) is 6.92 Å². The number of isocyanates is 1. The lowest BCUT2D eigenvalue weighted by atomic mass is 10.3. The van der Waals surface area contributed by atoms with Crippen LogP contribution in [0.15, 0.2) is 17.1 Å². The number of hydrogen-bond acceptors (Lipinski definition) is 4. The van der Waals surface area contributed by atoms with Gasteiger partial charge in [-0.1, -0.05) is 13.0 Å². The summed E-state index contributed by atoms with van der Waals surface area (Å²) < 4.78 is 0. The molecule has 0 aliphatic carbocycles. The van der Waals surface area contributed by atoms with Crippen LogP contribution in [0, 0.1) is 0 Å². The van der Waals surface area contributed by atoms with Crippen LogP contribution in [0.2, 0.25) is 0 Å². The number of aliphatic hydroxyl groups is 2. The molecule has 0 saturated carbocycles. The van der Waals surface area contributed by atoms with Crippen LogP contribution in [0.25, 0.3) is 0 Å². The Bertz CT molecular complexity index is 215. The van der Waals surface area contributed by atoms with Crippen molar-refractivity contribution in [3.8, 4) is 0 Å². The van der Waals surface area contributed by atoms with Gasteiger partial charge in [0.15, 0.2) is 0 Å². The van der Waals surface area contributed by atoms with Crippen molar-refractivity contribution in [1.82, 2.24) is 0 Å². The molecular formula is C9H15NO4. The van der Waals surface area contributed by atoms with E-state index in [4.69, 9.17) is 10.2 Å². The van der Waals surface area contributed by atoms with Crippen LogP contribution >= 0.6 is 0 Å². The number of amides is 1. The highest BCUT2D eigenvalue weighted by Crippen LogP contribution is 1.83. The zero-order valence-corrected chi connectivity index (χ0v) is 8.30. The van der Waals surface area contributed by atoms with Gasteiger partial charge >= 0.3 is 0 Å². The summed E-state index contributed by atoms with van der Waals surface area (Å²) in [5.41, 5.74) is 0. The largest absolute Gasteiger partial charge is 0.394 e. The summed E-state index contributed by atoms with van der Waals surface area (Å²) in [6.07, 6.45) is 3.94. The topological polar surface area (TPSA) is 87.0 Å². The third kappa shape index (κ3) is 13.3. The molecule has 0 aromatic carbocycles. The maximum atomic E-state index is 10.1. The minimum atomic E-state index is -0.567. The second-order valence-corrected chi connectivity index (χ2v) is 2.29. The van der Waals surface area contributed by atoms with E-state index in [1.165, 1.54) is 12.2 Å². The lowest BCUT2D eigenvalue weighted by Gasteiger charge is -1.97. The zero-order chi connectivity index (χ0) is 11.4. The van der Waals surface area contributed by atoms with Crippen LogP contribution in [0.1, 0.15) is 20.3 Å². The molecular weight excluding hydrogens is 186 g/mol. The molecule has 2 N–H and O–H groups in total. The van der Waals surface area contributed by atoms with Gasteiger partial charge in [-0.05, 0) is 13.3 Å². The Balaban J connectivity index is 0. The first-order valence-electron chi connectivity index (χ1n) is 4.15. The molecule has 0 rings (SSSR count). The highest BCUT2D eigenvalue weighted by atomic mass is 16.3. The number of rotatable bonds is 3. The molecule has 0 aliphatic heterocycles. The van der Waals surface area contributed by atoms with Crippen LogP contribution in [-0.2, 0) is 9.59 Å². The molecule has 1 unspecified atom stereocenters. The fourth-order valence-corrected chi connectivity index (χ4v) is 0.354. The summed E-state index contributed by atoms with van der Waals surface area (Å²) in [5, 5.41) is 16.5. The monoisotopic (exact) mass is 201 g/mol. The highest BCUT2D eigenvalue weighted by molar-refractivity contribution is 5.91. The number of aliphatic hydroxyl groups excluding tert-OH is 2. The molecule has 0 aromatic rings. The van der Waals surface area contributed by atoms with Crippen molar-refractivity contribution in [1.29, 1.82) is 0 Å². The normalized spacial score (nSPS) is 11.1. The molecule has 0 spiro atoms. The third-order valence-electron chi connectivity index (χ3n) is 1.15. The average Bonchev–Trinajstić information content (AvgIpc) is 2.18. The number of carbonyl (C=O) groups is 1. The van der Waals surface area contributed by atoms with E-state index in [0.717, 1.165) is 6.08 Å². The lowest BCUT2D eigenvalue weighted by Crippen LogP contribution is -2.08. The predicted octanol–water partition coefficient (Wildman–Crippen LogP) is 0.175. The van der Waals surface area contributed by atoms with Gasteiger partial charge in [0.05, 0.1) is 12.7 Å². The van der Waals surface area contributed by atoms with Crippen molar-refractivity contribution in [3.05, 3.63) is 12.2 Å². The number of allylic oxidation sites excluding steroid dienone is 1. The summed E-state index contributed by atoms with van der Waals surface area (Å²) >= 11 is 0. The van der Waals surface area contributed by atoms with Gasteiger partial charge in [-0.15, -0.1) is 4.99 Å². The van der Waals surface area contributed by atoms with Crippen molar-refractivity contribution >= 4 is 12.0 Å². The van der Waals surface area contributed by atoms with Crippen LogP contribution in [0.4, 0.5) is 0 Å². The summed E-state index contributed by atoms with van der Waals surface area (Å²) in [4.78, 5) is 22.3. The third-order valence-corrected chi connectivity index (χ3v) is 1.15. The Morgan fingerprint density at radius 2 is 2.21 bits per heavy atom. The number of hydrogen-bond donors (Lipinski definition) is 2. The van der Waals surface area contributed by atoms with E-state index in [0.29, 0.717) is 6.42 Å². The molecule has 0 heterocycles. The second-order valence-electron chi connectivity index (χ2n) is 2.29. The van der Waals surface area contributed by atoms with Crippen LogP contribution < -0.4 is 0 Å². The predicted molar refractivity (Wildman–Crippen MR) is 51.3 cm³/mol. The van der Waals surface area contributed by atoms with Gasteiger partial charge in [-0.2, -0.15) is 0 Å². The molecule has 0 saturated heterocycles. The maximum Gasteiger partial charge on any atom is 0.280 e. The Labute approximate surface area is 82.8 Å². The summed E-state index contributed by atoms with van der Waals surface area (Å²) in [6.45, 7) is 3.37. The van der Waals surface area contributed by atoms with Gasteiger partial charge in [0.2, 0.25) is 6.08 Å². The van der Waals surface area contributed by atoms with Crippen molar-refractivity contribution in [2.75, 3.05) is 6.61 Å². The molecule has 5 nitrogen and oxygen atoms in total. The SMILES string of the molecule is C/C=C/C(=O)N=C=O.CCC(O)CO. The molecule has 0 aliphatic rings. The minimum Gasteiger partial charge on any atom is -0.394 e. The Kier molecular flexibility index (Phi) is 12.7. The van der Waals surface area contributed by atoms with E-state index < -0.39 is 12.0 Å². The molecule has 0 aromatic heterocycles. The standard InChI is InChI=1S/C5H5NO2.C4H10O2/c1-2-3-5(8)6-4-7;1-2-4(6)3-5/h2-3H,1H3;4-6H,2-3H2,1H3/b3-2+;. The second kappa shape index (κ2) is 11.7. The van der Waals surface area contributed by atoms with Gasteiger partial charge in [-0.25, -0.2) is 4.79 Å². The first kappa shape index (κ1) is 15.2. The molecule has 5 heteroatoms. The van der Waals surface area contributed by atoms with Crippen LogP contribution in [-0.4, -0.2) is 34.9 Å². The van der Waals surface area contributed by atoms with Gasteiger partial charge in [0.25, 0.3) is 5.91 Å². The van der Waals surface area contributed by atoms with Gasteiger partial charge in [0, 0.05) is 6.08 Å². The Morgan fingerprint density at radius 3 is 2.43 bits per heavy atom. The minimum absolute atomic E-state index is 0.115. The van der Waals surface area contributed by atoms with Gasteiger partial charge < -0.3 is 10.2 Å². The van der Waals surface area contributed by atoms with Crippen molar-refractivity contribution in [3.63, 3.8) is 0 Å². The first-order chi connectivity index (χ1) is 6.62.